The molecule has 1 aromatic carbocycles. The number of carbonyl (C=O) groups excluding carboxylic acids is 2. The van der Waals surface area contributed by atoms with Crippen molar-refractivity contribution in [3.63, 3.8) is 0 Å². The number of ether oxygens (including phenoxy) is 6. The van der Waals surface area contributed by atoms with Gasteiger partial charge in [-0.25, -0.2) is 9.78 Å². The molecule has 246 valence electrons. The Kier molecular flexibility index (Phi) is 13.0. The summed E-state index contributed by atoms with van der Waals surface area (Å²) in [6.45, 7) is 3.93. The highest BCUT2D eigenvalue weighted by Crippen LogP contribution is 2.31. The number of hydrogen-bond acceptors (Lipinski definition) is 13. The van der Waals surface area contributed by atoms with E-state index in [2.05, 4.69) is 15.6 Å². The average Bonchev–Trinajstić information content (AvgIpc) is 3.51. The third kappa shape index (κ3) is 9.91. The fourth-order valence-electron chi connectivity index (χ4n) is 4.90. The van der Waals surface area contributed by atoms with Crippen molar-refractivity contribution in [2.75, 3.05) is 70.6 Å². The molecule has 6 N–H and O–H groups in total. The molecule has 1 aliphatic rings. The molecule has 2 aromatic heterocycles. The summed E-state index contributed by atoms with van der Waals surface area (Å²) in [4.78, 5) is 32.9. The standard InChI is InChI=1S/C30H43N7O8/c1-3-44-25(38)19-43-13-12-41-10-11-42-14-15-45-22-17-20(16-21(18-22)40-2)34-28-26(27(32)39)29-33-8-9-37(29)30(36-28)35-24-7-5-4-6-23(24)31/h8-9,16-18,23-24,34H,3-7,10-15,19,31H2,1-2H3,(H2,32,39)(H,35,36)/t23-,24+/m1/s1. The van der Waals surface area contributed by atoms with Gasteiger partial charge in [-0.3, -0.25) is 9.20 Å². The van der Waals surface area contributed by atoms with Crippen LogP contribution in [0.15, 0.2) is 30.6 Å². The highest BCUT2D eigenvalue weighted by atomic mass is 16.6. The molecule has 1 fully saturated rings. The molecule has 2 atom stereocenters. The topological polar surface area (TPSA) is 196 Å². The highest BCUT2D eigenvalue weighted by molar-refractivity contribution is 6.04. The number of methoxy groups -OCH3 is 1. The second kappa shape index (κ2) is 17.3. The number of nitrogens with zero attached hydrogens (tertiary/aromatic N) is 3. The van der Waals surface area contributed by atoms with Crippen LogP contribution in [-0.4, -0.2) is 98.3 Å². The van der Waals surface area contributed by atoms with Crippen LogP contribution in [-0.2, 0) is 23.7 Å². The van der Waals surface area contributed by atoms with Gasteiger partial charge in [0.15, 0.2) is 11.5 Å². The number of primary amides is 1. The Balaban J connectivity index is 1.33. The van der Waals surface area contributed by atoms with E-state index in [9.17, 15) is 9.59 Å². The van der Waals surface area contributed by atoms with Crippen molar-refractivity contribution in [2.45, 2.75) is 44.7 Å². The zero-order chi connectivity index (χ0) is 32.0. The summed E-state index contributed by atoms with van der Waals surface area (Å²) in [5.74, 6) is 0.716. The Hall–Kier alpha value is -4.18. The minimum absolute atomic E-state index is 0.00961. The lowest BCUT2D eigenvalue weighted by Gasteiger charge is -2.30. The predicted molar refractivity (Wildman–Crippen MR) is 166 cm³/mol. The van der Waals surface area contributed by atoms with Crippen LogP contribution < -0.4 is 31.6 Å². The van der Waals surface area contributed by atoms with Crippen LogP contribution in [0.1, 0.15) is 43.0 Å². The number of amides is 1. The largest absolute Gasteiger partial charge is 0.497 e. The lowest BCUT2D eigenvalue weighted by Crippen LogP contribution is -2.43. The number of imidazole rings is 1. The molecule has 0 spiro atoms. The fraction of sp³-hybridized carbons (Fsp3) is 0.533. The zero-order valence-corrected chi connectivity index (χ0v) is 25.8. The van der Waals surface area contributed by atoms with E-state index in [1.807, 2.05) is 0 Å². The van der Waals surface area contributed by atoms with Crippen molar-refractivity contribution < 1.29 is 38.0 Å². The van der Waals surface area contributed by atoms with Crippen LogP contribution in [0.5, 0.6) is 11.5 Å². The third-order valence-electron chi connectivity index (χ3n) is 7.07. The Morgan fingerprint density at radius 2 is 1.71 bits per heavy atom. The van der Waals surface area contributed by atoms with Gasteiger partial charge in [0.2, 0.25) is 5.95 Å². The maximum atomic E-state index is 12.6. The van der Waals surface area contributed by atoms with Crippen molar-refractivity contribution in [3.05, 3.63) is 36.2 Å². The SMILES string of the molecule is CCOC(=O)COCCOCCOCCOc1cc(Nc2nc(N[C@H]3CCCC[C@H]3N)n3ccnc3c2C(N)=O)cc(OC)c1. The number of aromatic nitrogens is 3. The molecule has 1 saturated carbocycles. The van der Waals surface area contributed by atoms with Crippen LogP contribution in [0.4, 0.5) is 17.5 Å². The van der Waals surface area contributed by atoms with E-state index in [-0.39, 0.29) is 43.3 Å². The molecule has 15 nitrogen and oxygen atoms in total. The normalized spacial score (nSPS) is 16.3. The van der Waals surface area contributed by atoms with E-state index in [1.54, 1.807) is 49.0 Å². The molecule has 1 amide bonds. The first-order valence-corrected chi connectivity index (χ1v) is 15.1. The first kappa shape index (κ1) is 33.7. The van der Waals surface area contributed by atoms with Crippen LogP contribution >= 0.6 is 0 Å². The Morgan fingerprint density at radius 3 is 2.42 bits per heavy atom. The summed E-state index contributed by atoms with van der Waals surface area (Å²) in [5, 5.41) is 6.67. The van der Waals surface area contributed by atoms with Gasteiger partial charge in [-0.2, -0.15) is 4.98 Å². The number of esters is 1. The van der Waals surface area contributed by atoms with Crippen molar-refractivity contribution >= 4 is 35.0 Å². The van der Waals surface area contributed by atoms with E-state index in [0.29, 0.717) is 61.8 Å². The van der Waals surface area contributed by atoms with Crippen LogP contribution in [0.25, 0.3) is 5.65 Å². The molecule has 3 aromatic rings. The number of nitrogens with one attached hydrogen (secondary N) is 2. The maximum Gasteiger partial charge on any atom is 0.332 e. The minimum Gasteiger partial charge on any atom is -0.497 e. The number of anilines is 3. The molecule has 0 unspecified atom stereocenters. The van der Waals surface area contributed by atoms with Gasteiger partial charge in [-0.15, -0.1) is 0 Å². The molecule has 0 aliphatic heterocycles. The van der Waals surface area contributed by atoms with Crippen LogP contribution in [0.3, 0.4) is 0 Å². The minimum atomic E-state index is -0.674. The van der Waals surface area contributed by atoms with E-state index in [1.165, 1.54) is 0 Å². The van der Waals surface area contributed by atoms with Crippen molar-refractivity contribution in [2.24, 2.45) is 11.5 Å². The zero-order valence-electron chi connectivity index (χ0n) is 25.8. The van der Waals surface area contributed by atoms with E-state index in [0.717, 1.165) is 25.7 Å². The first-order valence-electron chi connectivity index (χ1n) is 15.1. The lowest BCUT2D eigenvalue weighted by molar-refractivity contribution is -0.149. The van der Waals surface area contributed by atoms with Gasteiger partial charge in [-0.05, 0) is 19.8 Å². The van der Waals surface area contributed by atoms with Gasteiger partial charge in [0.1, 0.15) is 30.3 Å². The summed E-state index contributed by atoms with van der Waals surface area (Å²) in [6, 6.07) is 5.27. The van der Waals surface area contributed by atoms with Gasteiger partial charge in [0, 0.05) is 48.4 Å². The molecule has 4 rings (SSSR count). The highest BCUT2D eigenvalue weighted by Gasteiger charge is 2.25. The summed E-state index contributed by atoms with van der Waals surface area (Å²) >= 11 is 0. The van der Waals surface area contributed by atoms with Gasteiger partial charge in [0.05, 0.1) is 46.8 Å². The molecule has 0 saturated heterocycles. The summed E-state index contributed by atoms with van der Waals surface area (Å²) in [6.07, 6.45) is 7.33. The molecule has 2 heterocycles. The molecular formula is C30H43N7O8. The number of hydrogen-bond donors (Lipinski definition) is 4. The smallest absolute Gasteiger partial charge is 0.332 e. The van der Waals surface area contributed by atoms with Crippen molar-refractivity contribution in [1.29, 1.82) is 0 Å². The number of nitrogens with two attached hydrogens (primary N) is 2. The summed E-state index contributed by atoms with van der Waals surface area (Å²) < 4.78 is 34.0. The third-order valence-corrected chi connectivity index (χ3v) is 7.07. The van der Waals surface area contributed by atoms with E-state index in [4.69, 9.17) is 44.9 Å². The molecule has 0 radical (unpaired) electrons. The van der Waals surface area contributed by atoms with Gasteiger partial charge >= 0.3 is 5.97 Å². The molecule has 45 heavy (non-hydrogen) atoms. The summed E-state index contributed by atoms with van der Waals surface area (Å²) in [5.41, 5.74) is 13.3. The maximum absolute atomic E-state index is 12.6. The van der Waals surface area contributed by atoms with Crippen LogP contribution in [0.2, 0.25) is 0 Å². The quantitative estimate of drug-likeness (QED) is 0.111. The molecule has 0 bridgehead atoms. The Morgan fingerprint density at radius 1 is 1.00 bits per heavy atom. The number of rotatable bonds is 19. The van der Waals surface area contributed by atoms with Crippen LogP contribution in [0, 0.1) is 0 Å². The van der Waals surface area contributed by atoms with E-state index < -0.39 is 11.9 Å². The molecular weight excluding hydrogens is 586 g/mol. The average molecular weight is 630 g/mol. The lowest BCUT2D eigenvalue weighted by atomic mass is 9.91. The monoisotopic (exact) mass is 629 g/mol. The fourth-order valence-corrected chi connectivity index (χ4v) is 4.90. The van der Waals surface area contributed by atoms with E-state index >= 15 is 0 Å². The summed E-state index contributed by atoms with van der Waals surface area (Å²) in [7, 11) is 1.55. The number of fused-ring (bicyclic) bond motifs is 1. The van der Waals surface area contributed by atoms with Crippen molar-refractivity contribution in [3.8, 4) is 11.5 Å². The number of benzene rings is 1. The Labute approximate surface area is 261 Å². The predicted octanol–water partition coefficient (Wildman–Crippen LogP) is 2.25. The molecule has 1 aliphatic carbocycles. The Bertz CT molecular complexity index is 1400. The van der Waals surface area contributed by atoms with Gasteiger partial charge in [-0.1, -0.05) is 12.8 Å². The van der Waals surface area contributed by atoms with Gasteiger partial charge in [0.25, 0.3) is 5.91 Å². The van der Waals surface area contributed by atoms with Gasteiger partial charge < -0.3 is 50.5 Å². The second-order valence-corrected chi connectivity index (χ2v) is 10.3. The molecule has 15 heteroatoms. The van der Waals surface area contributed by atoms with Crippen molar-refractivity contribution in [1.82, 2.24) is 14.4 Å². The first-order chi connectivity index (χ1) is 21.9. The number of carbonyl (C=O) groups is 2. The second-order valence-electron chi connectivity index (χ2n) is 10.3.